The summed E-state index contributed by atoms with van der Waals surface area (Å²) < 4.78 is 2.06. The fraction of sp³-hybridized carbons (Fsp3) is 0.222. The standard InChI is InChI=1S/C27H27N3O3/c1-5-17(2)20-11-13-23(14-12-20)30-26(32)24(25(31)28-27(30)33)16-21-15-18(3)29(19(21)4)22-9-7-6-8-10-22/h6-17H,5H2,1-4H3,(H,28,31,33)/b24-16-/t17-/m0/s1. The molecule has 1 saturated heterocycles. The maximum absolute atomic E-state index is 13.3. The van der Waals surface area contributed by atoms with Crippen LogP contribution in [0.5, 0.6) is 0 Å². The molecule has 0 radical (unpaired) electrons. The van der Waals surface area contributed by atoms with Crippen molar-refractivity contribution < 1.29 is 14.4 Å². The molecular weight excluding hydrogens is 414 g/mol. The molecule has 1 N–H and O–H groups in total. The van der Waals surface area contributed by atoms with Crippen LogP contribution < -0.4 is 10.2 Å². The van der Waals surface area contributed by atoms with Crippen molar-refractivity contribution in [1.29, 1.82) is 0 Å². The second-order valence-corrected chi connectivity index (χ2v) is 8.36. The van der Waals surface area contributed by atoms with Crippen molar-refractivity contribution in [1.82, 2.24) is 9.88 Å². The highest BCUT2D eigenvalue weighted by atomic mass is 16.2. The Morgan fingerprint density at radius 2 is 1.61 bits per heavy atom. The maximum atomic E-state index is 13.3. The highest BCUT2D eigenvalue weighted by Gasteiger charge is 2.37. The van der Waals surface area contributed by atoms with E-state index in [4.69, 9.17) is 0 Å². The largest absolute Gasteiger partial charge is 0.335 e. The second kappa shape index (κ2) is 8.90. The van der Waals surface area contributed by atoms with Gasteiger partial charge in [-0.2, -0.15) is 0 Å². The number of amides is 4. The van der Waals surface area contributed by atoms with E-state index in [1.165, 1.54) is 0 Å². The number of para-hydroxylation sites is 1. The van der Waals surface area contributed by atoms with Crippen molar-refractivity contribution in [2.75, 3.05) is 4.90 Å². The lowest BCUT2D eigenvalue weighted by Crippen LogP contribution is -2.54. The molecule has 6 nitrogen and oxygen atoms in total. The molecule has 0 bridgehead atoms. The van der Waals surface area contributed by atoms with Gasteiger partial charge >= 0.3 is 6.03 Å². The Bertz CT molecular complexity index is 1250. The summed E-state index contributed by atoms with van der Waals surface area (Å²) in [6.45, 7) is 8.14. The molecule has 3 aromatic rings. The minimum absolute atomic E-state index is 0.0751. The number of nitrogens with one attached hydrogen (secondary N) is 1. The zero-order chi connectivity index (χ0) is 23.7. The van der Waals surface area contributed by atoms with Gasteiger partial charge in [-0.05, 0) is 73.7 Å². The summed E-state index contributed by atoms with van der Waals surface area (Å²) in [7, 11) is 0. The van der Waals surface area contributed by atoms with Crippen molar-refractivity contribution in [3.05, 3.63) is 88.8 Å². The van der Waals surface area contributed by atoms with Crippen LogP contribution in [0.15, 0.2) is 66.2 Å². The lowest BCUT2D eigenvalue weighted by atomic mass is 9.98. The quantitative estimate of drug-likeness (QED) is 0.433. The van der Waals surface area contributed by atoms with Gasteiger partial charge in [-0.1, -0.05) is 44.2 Å². The molecule has 33 heavy (non-hydrogen) atoms. The molecule has 168 valence electrons. The van der Waals surface area contributed by atoms with Gasteiger partial charge in [0.2, 0.25) is 0 Å². The number of benzene rings is 2. The first kappa shape index (κ1) is 22.3. The Labute approximate surface area is 193 Å². The van der Waals surface area contributed by atoms with Crippen LogP contribution in [0.25, 0.3) is 11.8 Å². The van der Waals surface area contributed by atoms with Gasteiger partial charge < -0.3 is 4.57 Å². The molecule has 0 spiro atoms. The van der Waals surface area contributed by atoms with E-state index in [1.54, 1.807) is 18.2 Å². The van der Waals surface area contributed by atoms with Crippen LogP contribution in [0.4, 0.5) is 10.5 Å². The van der Waals surface area contributed by atoms with Gasteiger partial charge in [0, 0.05) is 17.1 Å². The van der Waals surface area contributed by atoms with Crippen molar-refractivity contribution in [3.8, 4) is 5.69 Å². The number of nitrogens with zero attached hydrogens (tertiary/aromatic N) is 2. The predicted octanol–water partition coefficient (Wildman–Crippen LogP) is 5.27. The Morgan fingerprint density at radius 1 is 0.939 bits per heavy atom. The normalized spacial score (nSPS) is 16.3. The summed E-state index contributed by atoms with van der Waals surface area (Å²) in [5, 5.41) is 2.30. The van der Waals surface area contributed by atoms with E-state index in [0.29, 0.717) is 11.6 Å². The number of hydrogen-bond donors (Lipinski definition) is 1. The number of aryl methyl sites for hydroxylation is 1. The number of carbonyl (C=O) groups is 3. The van der Waals surface area contributed by atoms with Gasteiger partial charge in [0.05, 0.1) is 5.69 Å². The molecule has 4 amide bonds. The zero-order valence-corrected chi connectivity index (χ0v) is 19.3. The second-order valence-electron chi connectivity index (χ2n) is 8.36. The molecule has 0 aliphatic carbocycles. The Balaban J connectivity index is 1.71. The molecule has 2 heterocycles. The minimum atomic E-state index is -0.742. The highest BCUT2D eigenvalue weighted by molar-refractivity contribution is 6.39. The van der Waals surface area contributed by atoms with Gasteiger partial charge in [-0.3, -0.25) is 14.9 Å². The van der Waals surface area contributed by atoms with Crippen LogP contribution in [0.1, 0.15) is 48.7 Å². The van der Waals surface area contributed by atoms with Gasteiger partial charge in [-0.15, -0.1) is 0 Å². The molecule has 0 saturated carbocycles. The van der Waals surface area contributed by atoms with Crippen molar-refractivity contribution in [3.63, 3.8) is 0 Å². The summed E-state index contributed by atoms with van der Waals surface area (Å²) in [5.41, 5.74) is 5.10. The topological polar surface area (TPSA) is 71.4 Å². The Kier molecular flexibility index (Phi) is 6.01. The predicted molar refractivity (Wildman–Crippen MR) is 129 cm³/mol. The summed E-state index contributed by atoms with van der Waals surface area (Å²) in [4.78, 5) is 39.4. The van der Waals surface area contributed by atoms with E-state index in [9.17, 15) is 14.4 Å². The number of imide groups is 2. The molecule has 0 unspecified atom stereocenters. The summed E-state index contributed by atoms with van der Waals surface area (Å²) in [5.74, 6) is -0.951. The molecular formula is C27H27N3O3. The average molecular weight is 442 g/mol. The third kappa shape index (κ3) is 4.12. The fourth-order valence-corrected chi connectivity index (χ4v) is 4.14. The van der Waals surface area contributed by atoms with E-state index in [2.05, 4.69) is 23.7 Å². The molecule has 2 aromatic carbocycles. The number of urea groups is 1. The van der Waals surface area contributed by atoms with Crippen molar-refractivity contribution in [2.45, 2.75) is 40.0 Å². The zero-order valence-electron chi connectivity index (χ0n) is 19.3. The van der Waals surface area contributed by atoms with Gasteiger partial charge in [0.15, 0.2) is 0 Å². The van der Waals surface area contributed by atoms with E-state index in [1.807, 2.05) is 62.4 Å². The summed E-state index contributed by atoms with van der Waals surface area (Å²) >= 11 is 0. The summed E-state index contributed by atoms with van der Waals surface area (Å²) in [6.07, 6.45) is 2.55. The van der Waals surface area contributed by atoms with Crippen molar-refractivity contribution >= 4 is 29.6 Å². The van der Waals surface area contributed by atoms with Crippen LogP contribution in [-0.2, 0) is 9.59 Å². The van der Waals surface area contributed by atoms with E-state index in [-0.39, 0.29) is 5.57 Å². The smallest absolute Gasteiger partial charge is 0.318 e. The minimum Gasteiger partial charge on any atom is -0.318 e. The number of barbiturate groups is 1. The lowest BCUT2D eigenvalue weighted by molar-refractivity contribution is -0.122. The van der Waals surface area contributed by atoms with Crippen molar-refractivity contribution in [2.24, 2.45) is 0 Å². The Hall–Kier alpha value is -3.93. The first-order chi connectivity index (χ1) is 15.8. The molecule has 1 aromatic heterocycles. The Morgan fingerprint density at radius 3 is 2.24 bits per heavy atom. The number of aromatic nitrogens is 1. The molecule has 6 heteroatoms. The first-order valence-corrected chi connectivity index (χ1v) is 11.1. The molecule has 1 atom stereocenters. The molecule has 4 rings (SSSR count). The molecule has 1 aliphatic rings. The maximum Gasteiger partial charge on any atom is 0.335 e. The van der Waals surface area contributed by atoms with E-state index >= 15 is 0 Å². The van der Waals surface area contributed by atoms with Crippen LogP contribution in [0.2, 0.25) is 0 Å². The van der Waals surface area contributed by atoms with Crippen LogP contribution >= 0.6 is 0 Å². The van der Waals surface area contributed by atoms with Gasteiger partial charge in [0.25, 0.3) is 11.8 Å². The first-order valence-electron chi connectivity index (χ1n) is 11.1. The third-order valence-electron chi connectivity index (χ3n) is 6.22. The van der Waals surface area contributed by atoms with E-state index in [0.717, 1.165) is 39.5 Å². The monoisotopic (exact) mass is 441 g/mol. The average Bonchev–Trinajstić information content (AvgIpc) is 3.09. The summed E-state index contributed by atoms with van der Waals surface area (Å²) in [6, 6.07) is 18.4. The van der Waals surface area contributed by atoms with E-state index < -0.39 is 17.8 Å². The number of anilines is 1. The van der Waals surface area contributed by atoms with Gasteiger partial charge in [-0.25, -0.2) is 9.69 Å². The highest BCUT2D eigenvalue weighted by Crippen LogP contribution is 2.27. The lowest BCUT2D eigenvalue weighted by Gasteiger charge is -2.26. The number of hydrogen-bond acceptors (Lipinski definition) is 3. The third-order valence-corrected chi connectivity index (χ3v) is 6.22. The van der Waals surface area contributed by atoms with Gasteiger partial charge in [0.1, 0.15) is 5.57 Å². The molecule has 1 aliphatic heterocycles. The van der Waals surface area contributed by atoms with Crippen LogP contribution in [0, 0.1) is 13.8 Å². The SMILES string of the molecule is CC[C@H](C)c1ccc(N2C(=O)NC(=O)/C(=C/c3cc(C)n(-c4ccccc4)c3C)C2=O)cc1. The molecule has 1 fully saturated rings. The van der Waals surface area contributed by atoms with Crippen LogP contribution in [0.3, 0.4) is 0 Å². The fourth-order valence-electron chi connectivity index (χ4n) is 4.14. The number of rotatable bonds is 5. The van der Waals surface area contributed by atoms with Crippen LogP contribution in [-0.4, -0.2) is 22.4 Å². The number of carbonyl (C=O) groups excluding carboxylic acids is 3.